The van der Waals surface area contributed by atoms with E-state index in [1.165, 1.54) is 11.1 Å². The van der Waals surface area contributed by atoms with Crippen molar-refractivity contribution in [3.63, 3.8) is 0 Å². The number of rotatable bonds is 5. The van der Waals surface area contributed by atoms with Gasteiger partial charge in [-0.3, -0.25) is 0 Å². The average Bonchev–Trinajstić information content (AvgIpc) is 3.63. The number of nitrogens with one attached hydrogen (secondary N) is 1. The maximum Gasteiger partial charge on any atom is 0.320 e. The molecule has 9 nitrogen and oxygen atoms in total. The number of carbonyl (C=O) groups is 1. The van der Waals surface area contributed by atoms with Crippen molar-refractivity contribution in [3.05, 3.63) is 78.1 Å². The summed E-state index contributed by atoms with van der Waals surface area (Å²) >= 11 is 0. The van der Waals surface area contributed by atoms with E-state index in [1.54, 1.807) is 6.26 Å². The molecule has 0 bridgehead atoms. The van der Waals surface area contributed by atoms with Crippen LogP contribution in [0.15, 0.2) is 66.9 Å². The molecule has 0 saturated carbocycles. The van der Waals surface area contributed by atoms with Crippen LogP contribution in [-0.4, -0.2) is 83.8 Å². The molecule has 3 aromatic rings. The molecule has 3 aliphatic rings. The monoisotopic (exact) mass is 500 g/mol. The predicted octanol–water partition coefficient (Wildman–Crippen LogP) is 3.83. The van der Waals surface area contributed by atoms with Gasteiger partial charge in [-0.25, -0.2) is 9.78 Å². The van der Waals surface area contributed by atoms with Gasteiger partial charge in [0.2, 0.25) is 12.7 Å². The van der Waals surface area contributed by atoms with Crippen LogP contribution < -0.4 is 4.90 Å². The fourth-order valence-electron chi connectivity index (χ4n) is 5.13. The van der Waals surface area contributed by atoms with Gasteiger partial charge in [-0.05, 0) is 36.7 Å². The zero-order valence-corrected chi connectivity index (χ0v) is 21.1. The van der Waals surface area contributed by atoms with Gasteiger partial charge in [0, 0.05) is 56.5 Å². The van der Waals surface area contributed by atoms with Gasteiger partial charge in [0.25, 0.3) is 0 Å². The molecule has 1 saturated heterocycles. The number of aromatic amines is 1. The summed E-state index contributed by atoms with van der Waals surface area (Å²) in [5.41, 5.74) is 5.23. The minimum absolute atomic E-state index is 0.146. The summed E-state index contributed by atoms with van der Waals surface area (Å²) in [6.45, 7) is 5.64. The quantitative estimate of drug-likeness (QED) is 0.574. The molecule has 37 heavy (non-hydrogen) atoms. The number of H-pyrrole nitrogens is 1. The Morgan fingerprint density at radius 1 is 1.08 bits per heavy atom. The highest BCUT2D eigenvalue weighted by Crippen LogP contribution is 2.34. The molecular formula is C28H32N6O3. The molecule has 2 aromatic heterocycles. The topological polar surface area (TPSA) is 77.2 Å². The number of urea groups is 1. The van der Waals surface area contributed by atoms with E-state index < -0.39 is 0 Å². The number of anilines is 1. The van der Waals surface area contributed by atoms with Gasteiger partial charge in [-0.15, -0.1) is 0 Å². The normalized spacial score (nSPS) is 18.3. The number of pyridine rings is 1. The lowest BCUT2D eigenvalue weighted by Gasteiger charge is -2.37. The maximum absolute atomic E-state index is 13.0. The second kappa shape index (κ2) is 10.2. The Balaban J connectivity index is 1.24. The van der Waals surface area contributed by atoms with Crippen LogP contribution in [0, 0.1) is 0 Å². The van der Waals surface area contributed by atoms with Crippen molar-refractivity contribution < 1.29 is 14.3 Å². The number of amides is 2. The Kier molecular flexibility index (Phi) is 6.44. The van der Waals surface area contributed by atoms with E-state index in [4.69, 9.17) is 9.47 Å². The second-order valence-electron chi connectivity index (χ2n) is 9.73. The number of benzene rings is 1. The van der Waals surface area contributed by atoms with Gasteiger partial charge in [0.05, 0.1) is 12.2 Å². The van der Waals surface area contributed by atoms with E-state index in [0.29, 0.717) is 25.5 Å². The largest absolute Gasteiger partial charge is 0.459 e. The van der Waals surface area contributed by atoms with Gasteiger partial charge < -0.3 is 34.1 Å². The zero-order chi connectivity index (χ0) is 25.2. The number of hydrogen-bond acceptors (Lipinski definition) is 6. The number of piperazine rings is 1. The minimum Gasteiger partial charge on any atom is -0.459 e. The summed E-state index contributed by atoms with van der Waals surface area (Å²) < 4.78 is 11.2. The summed E-state index contributed by atoms with van der Waals surface area (Å²) in [6, 6.07) is 14.6. The molecule has 0 atom stereocenters. The highest BCUT2D eigenvalue weighted by molar-refractivity contribution is 5.93. The van der Waals surface area contributed by atoms with E-state index in [1.807, 2.05) is 40.3 Å². The fraction of sp³-hybridized carbons (Fsp3) is 0.357. The summed E-state index contributed by atoms with van der Waals surface area (Å²) in [5.74, 6) is 0.675. The Bertz CT molecular complexity index is 1330. The van der Waals surface area contributed by atoms with Crippen molar-refractivity contribution >= 4 is 28.3 Å². The van der Waals surface area contributed by atoms with E-state index in [2.05, 4.69) is 51.1 Å². The third-order valence-electron chi connectivity index (χ3n) is 7.31. The van der Waals surface area contributed by atoms with E-state index in [9.17, 15) is 4.79 Å². The number of likely N-dealkylation sites (N-methyl/N-ethyl adjacent to an activating group) is 1. The van der Waals surface area contributed by atoms with Crippen molar-refractivity contribution in [2.24, 2.45) is 0 Å². The van der Waals surface area contributed by atoms with E-state index in [0.717, 1.165) is 55.0 Å². The molecule has 6 rings (SSSR count). The third kappa shape index (κ3) is 4.86. The van der Waals surface area contributed by atoms with Crippen molar-refractivity contribution in [2.45, 2.75) is 13.0 Å². The van der Waals surface area contributed by atoms with Crippen LogP contribution in [0.2, 0.25) is 0 Å². The first-order valence-corrected chi connectivity index (χ1v) is 12.8. The molecule has 5 heterocycles. The molecule has 3 aliphatic heterocycles. The first-order chi connectivity index (χ1) is 18.2. The number of fused-ring (bicyclic) bond motifs is 1. The first kappa shape index (κ1) is 23.4. The van der Waals surface area contributed by atoms with Crippen LogP contribution in [0.1, 0.15) is 17.7 Å². The van der Waals surface area contributed by atoms with Crippen LogP contribution in [0.4, 0.5) is 10.5 Å². The fourth-order valence-corrected chi connectivity index (χ4v) is 5.13. The van der Waals surface area contributed by atoms with Crippen molar-refractivity contribution in [1.82, 2.24) is 24.7 Å². The molecule has 0 spiro atoms. The summed E-state index contributed by atoms with van der Waals surface area (Å²) in [5, 5.41) is 1.02. The SMILES string of the molecule is CN1CCN(C(=O)N2CC=C(c3cc4c(N(Cc5ccccc5)C5=COCO5)ccnc4[nH]3)CC2)CC1. The number of aromatic nitrogens is 2. The number of hydrogen-bond donors (Lipinski definition) is 1. The van der Waals surface area contributed by atoms with Crippen LogP contribution in [0.5, 0.6) is 0 Å². The van der Waals surface area contributed by atoms with Gasteiger partial charge in [0.1, 0.15) is 11.9 Å². The molecule has 0 unspecified atom stereocenters. The van der Waals surface area contributed by atoms with Crippen LogP contribution >= 0.6 is 0 Å². The van der Waals surface area contributed by atoms with E-state index in [-0.39, 0.29) is 12.8 Å². The smallest absolute Gasteiger partial charge is 0.320 e. The number of nitrogens with zero attached hydrogens (tertiary/aromatic N) is 5. The van der Waals surface area contributed by atoms with Gasteiger partial charge in [-0.1, -0.05) is 36.4 Å². The van der Waals surface area contributed by atoms with Crippen molar-refractivity contribution in [2.75, 3.05) is 58.0 Å². The Labute approximate surface area is 216 Å². The van der Waals surface area contributed by atoms with Crippen LogP contribution in [0.3, 0.4) is 0 Å². The lowest BCUT2D eigenvalue weighted by atomic mass is 10.0. The second-order valence-corrected chi connectivity index (χ2v) is 9.73. The first-order valence-electron chi connectivity index (χ1n) is 12.8. The van der Waals surface area contributed by atoms with Gasteiger partial charge in [0.15, 0.2) is 0 Å². The number of ether oxygens (including phenoxy) is 2. The Hall–Kier alpha value is -3.98. The molecule has 2 amide bonds. The summed E-state index contributed by atoms with van der Waals surface area (Å²) in [4.78, 5) is 29.4. The van der Waals surface area contributed by atoms with Crippen molar-refractivity contribution in [3.8, 4) is 0 Å². The summed E-state index contributed by atoms with van der Waals surface area (Å²) in [7, 11) is 2.10. The standard InChI is InChI=1S/C28H32N6O3/c1-31-13-15-33(16-14-31)28(35)32-11-8-22(9-12-32)24-17-23-25(7-10-29-27(23)30-24)34(26-19-36-20-37-26)18-21-5-3-2-4-6-21/h2-8,10,17,19H,9,11-16,18,20H2,1H3,(H,29,30). The Morgan fingerprint density at radius 3 is 2.65 bits per heavy atom. The maximum atomic E-state index is 13.0. The molecule has 192 valence electrons. The lowest BCUT2D eigenvalue weighted by Crippen LogP contribution is -2.52. The average molecular weight is 501 g/mol. The molecule has 9 heteroatoms. The van der Waals surface area contributed by atoms with Crippen molar-refractivity contribution in [1.29, 1.82) is 0 Å². The van der Waals surface area contributed by atoms with Gasteiger partial charge in [-0.2, -0.15) is 0 Å². The lowest BCUT2D eigenvalue weighted by molar-refractivity contribution is 0.0783. The molecule has 1 aromatic carbocycles. The Morgan fingerprint density at radius 2 is 1.92 bits per heavy atom. The summed E-state index contributed by atoms with van der Waals surface area (Å²) in [6.07, 6.45) is 6.45. The molecule has 0 radical (unpaired) electrons. The van der Waals surface area contributed by atoms with E-state index >= 15 is 0 Å². The predicted molar refractivity (Wildman–Crippen MR) is 142 cm³/mol. The van der Waals surface area contributed by atoms with Gasteiger partial charge >= 0.3 is 6.03 Å². The van der Waals surface area contributed by atoms with Crippen LogP contribution in [0.25, 0.3) is 16.6 Å². The molecule has 1 N–H and O–H groups in total. The molecule has 0 aliphatic carbocycles. The molecule has 1 fully saturated rings. The highest BCUT2D eigenvalue weighted by atomic mass is 16.7. The highest BCUT2D eigenvalue weighted by Gasteiger charge is 2.26. The minimum atomic E-state index is 0.146. The van der Waals surface area contributed by atoms with Crippen LogP contribution in [-0.2, 0) is 16.0 Å². The zero-order valence-electron chi connectivity index (χ0n) is 21.1. The third-order valence-corrected chi connectivity index (χ3v) is 7.31. The molecular weight excluding hydrogens is 468 g/mol. The number of carbonyl (C=O) groups excluding carboxylic acids is 1.